The van der Waals surface area contributed by atoms with E-state index >= 15 is 0 Å². The second-order valence-corrected chi connectivity index (χ2v) is 13.1. The number of unbranched alkanes of at least 4 members (excludes halogenated alkanes) is 1. The fraction of sp³-hybridized carbons (Fsp3) is 0.607. The van der Waals surface area contributed by atoms with Crippen LogP contribution < -0.4 is 0 Å². The molecule has 2 aromatic rings. The van der Waals surface area contributed by atoms with Crippen molar-refractivity contribution in [3.05, 3.63) is 52.9 Å². The summed E-state index contributed by atoms with van der Waals surface area (Å²) in [7, 11) is -1.97. The van der Waals surface area contributed by atoms with Crippen molar-refractivity contribution in [1.29, 1.82) is 0 Å². The number of nitrogens with zero attached hydrogens (tertiary/aromatic N) is 3. The van der Waals surface area contributed by atoms with E-state index in [-0.39, 0.29) is 5.41 Å². The SMILES string of the molecule is CCCCn1ncc2c1C=C1CCN(S(=O)(=O)c3ccc(C(C)(C)C)cc3)C[C@@]1(COCCOC)C2. The molecule has 0 N–H and O–H groups in total. The predicted molar refractivity (Wildman–Crippen MR) is 142 cm³/mol. The van der Waals surface area contributed by atoms with Gasteiger partial charge in [0.25, 0.3) is 0 Å². The van der Waals surface area contributed by atoms with Crippen molar-refractivity contribution in [2.24, 2.45) is 5.41 Å². The molecule has 8 heteroatoms. The number of fused-ring (bicyclic) bond motifs is 2. The minimum absolute atomic E-state index is 0.0297. The van der Waals surface area contributed by atoms with Crippen LogP contribution in [0.1, 0.15) is 63.8 Å². The summed E-state index contributed by atoms with van der Waals surface area (Å²) in [5.74, 6) is 0. The Morgan fingerprint density at radius 1 is 1.14 bits per heavy atom. The number of ether oxygens (including phenoxy) is 2. The highest BCUT2D eigenvalue weighted by atomic mass is 32.2. The Balaban J connectivity index is 1.62. The summed E-state index contributed by atoms with van der Waals surface area (Å²) in [6.45, 7) is 11.8. The molecule has 1 aromatic carbocycles. The van der Waals surface area contributed by atoms with Crippen molar-refractivity contribution < 1.29 is 17.9 Å². The number of piperidine rings is 1. The molecule has 1 fully saturated rings. The van der Waals surface area contributed by atoms with E-state index in [9.17, 15) is 8.42 Å². The van der Waals surface area contributed by atoms with E-state index in [1.165, 1.54) is 16.8 Å². The first-order valence-electron chi connectivity index (χ1n) is 13.0. The maximum atomic E-state index is 13.7. The highest BCUT2D eigenvalue weighted by Crippen LogP contribution is 2.45. The van der Waals surface area contributed by atoms with Crippen molar-refractivity contribution in [3.63, 3.8) is 0 Å². The zero-order valence-electron chi connectivity index (χ0n) is 22.4. The lowest BCUT2D eigenvalue weighted by Crippen LogP contribution is -2.51. The number of aryl methyl sites for hydroxylation is 1. The van der Waals surface area contributed by atoms with Crippen molar-refractivity contribution in [3.8, 4) is 0 Å². The Kier molecular flexibility index (Phi) is 8.10. The number of hydrogen-bond donors (Lipinski definition) is 0. The lowest BCUT2D eigenvalue weighted by atomic mass is 9.69. The van der Waals surface area contributed by atoms with Crippen LogP contribution >= 0.6 is 0 Å². The van der Waals surface area contributed by atoms with E-state index < -0.39 is 15.4 Å². The predicted octanol–water partition coefficient (Wildman–Crippen LogP) is 4.66. The van der Waals surface area contributed by atoms with Crippen LogP contribution in [0.2, 0.25) is 0 Å². The molecule has 7 nitrogen and oxygen atoms in total. The summed E-state index contributed by atoms with van der Waals surface area (Å²) in [5, 5.41) is 4.66. The molecule has 1 aliphatic carbocycles. The topological polar surface area (TPSA) is 73.7 Å². The van der Waals surface area contributed by atoms with Gasteiger partial charge in [0, 0.05) is 32.2 Å². The fourth-order valence-corrected chi connectivity index (χ4v) is 6.78. The van der Waals surface area contributed by atoms with Crippen LogP contribution in [-0.2, 0) is 37.9 Å². The van der Waals surface area contributed by atoms with Gasteiger partial charge in [-0.1, -0.05) is 51.8 Å². The summed E-state index contributed by atoms with van der Waals surface area (Å²) in [6.07, 6.45) is 7.82. The van der Waals surface area contributed by atoms with E-state index in [0.717, 1.165) is 31.4 Å². The first-order chi connectivity index (χ1) is 17.1. The molecule has 1 aromatic heterocycles. The van der Waals surface area contributed by atoms with Gasteiger partial charge in [0.05, 0.1) is 36.6 Å². The zero-order valence-corrected chi connectivity index (χ0v) is 23.2. The highest BCUT2D eigenvalue weighted by molar-refractivity contribution is 7.89. The minimum Gasteiger partial charge on any atom is -0.382 e. The van der Waals surface area contributed by atoms with Gasteiger partial charge >= 0.3 is 0 Å². The van der Waals surface area contributed by atoms with Crippen molar-refractivity contribution in [2.75, 3.05) is 40.0 Å². The zero-order chi connectivity index (χ0) is 26.0. The number of rotatable bonds is 10. The van der Waals surface area contributed by atoms with Crippen molar-refractivity contribution >= 4 is 16.1 Å². The average Bonchev–Trinajstić information content (AvgIpc) is 3.24. The first kappa shape index (κ1) is 27.0. The minimum atomic E-state index is -3.63. The van der Waals surface area contributed by atoms with Gasteiger partial charge in [-0.2, -0.15) is 9.40 Å². The molecular formula is C28H41N3O4S. The molecule has 0 spiro atoms. The Bertz CT molecular complexity index is 1180. The molecule has 0 saturated carbocycles. The van der Waals surface area contributed by atoms with Gasteiger partial charge in [0.15, 0.2) is 0 Å². The van der Waals surface area contributed by atoms with Gasteiger partial charge in [-0.05, 0) is 54.0 Å². The number of benzene rings is 1. The van der Waals surface area contributed by atoms with E-state index in [0.29, 0.717) is 44.2 Å². The second kappa shape index (κ2) is 10.8. The highest BCUT2D eigenvalue weighted by Gasteiger charge is 2.46. The number of hydrogen-bond acceptors (Lipinski definition) is 5. The first-order valence-corrected chi connectivity index (χ1v) is 14.5. The molecule has 36 heavy (non-hydrogen) atoms. The largest absolute Gasteiger partial charge is 0.382 e. The Hall–Kier alpha value is -2.00. The molecule has 2 heterocycles. The standard InChI is InChI=1S/C28H41N3O4S/c1-6-7-13-31-26-17-24-12-14-30(36(32,33)25-10-8-23(9-11-25)27(2,3)4)20-28(24,18-22(26)19-29-31)21-35-16-15-34-5/h8-11,17,19H,6-7,12-16,18,20-21H2,1-5H3/t28-/m1/s1. The van der Waals surface area contributed by atoms with Gasteiger partial charge < -0.3 is 9.47 Å². The van der Waals surface area contributed by atoms with E-state index in [1.54, 1.807) is 23.5 Å². The third kappa shape index (κ3) is 5.47. The van der Waals surface area contributed by atoms with Gasteiger partial charge in [0.1, 0.15) is 0 Å². The lowest BCUT2D eigenvalue weighted by molar-refractivity contribution is 0.0147. The molecule has 4 rings (SSSR count). The summed E-state index contributed by atoms with van der Waals surface area (Å²) < 4.78 is 42.5. The summed E-state index contributed by atoms with van der Waals surface area (Å²) in [5.41, 5.74) is 4.28. The fourth-order valence-electron chi connectivity index (χ4n) is 5.26. The molecule has 0 bridgehead atoms. The third-order valence-electron chi connectivity index (χ3n) is 7.48. The van der Waals surface area contributed by atoms with Gasteiger partial charge in [-0.3, -0.25) is 4.68 Å². The maximum absolute atomic E-state index is 13.7. The van der Waals surface area contributed by atoms with Crippen molar-refractivity contribution in [1.82, 2.24) is 14.1 Å². The van der Waals surface area contributed by atoms with Crippen LogP contribution in [0.15, 0.2) is 40.9 Å². The number of methoxy groups -OCH3 is 1. The molecule has 1 saturated heterocycles. The van der Waals surface area contributed by atoms with Gasteiger partial charge in [-0.15, -0.1) is 0 Å². The molecule has 198 valence electrons. The van der Waals surface area contributed by atoms with E-state index in [1.807, 2.05) is 18.3 Å². The van der Waals surface area contributed by atoms with Crippen LogP contribution in [0.3, 0.4) is 0 Å². The van der Waals surface area contributed by atoms with Crippen LogP contribution in [0.5, 0.6) is 0 Å². The molecule has 1 atom stereocenters. The summed E-state index contributed by atoms with van der Waals surface area (Å²) in [6, 6.07) is 7.37. The average molecular weight is 516 g/mol. The third-order valence-corrected chi connectivity index (χ3v) is 9.34. The van der Waals surface area contributed by atoms with E-state index in [2.05, 4.69) is 43.6 Å². The summed E-state index contributed by atoms with van der Waals surface area (Å²) in [4.78, 5) is 0.349. The Labute approximate surface area is 216 Å². The monoisotopic (exact) mass is 515 g/mol. The molecule has 2 aliphatic rings. The summed E-state index contributed by atoms with van der Waals surface area (Å²) >= 11 is 0. The molecule has 0 amide bonds. The van der Waals surface area contributed by atoms with Gasteiger partial charge in [-0.25, -0.2) is 8.42 Å². The van der Waals surface area contributed by atoms with Gasteiger partial charge in [0.2, 0.25) is 10.0 Å². The Morgan fingerprint density at radius 2 is 1.89 bits per heavy atom. The quantitative estimate of drug-likeness (QED) is 0.430. The van der Waals surface area contributed by atoms with Crippen LogP contribution in [-0.4, -0.2) is 62.5 Å². The number of aromatic nitrogens is 2. The van der Waals surface area contributed by atoms with Crippen LogP contribution in [0.4, 0.5) is 0 Å². The smallest absolute Gasteiger partial charge is 0.243 e. The van der Waals surface area contributed by atoms with Crippen molar-refractivity contribution in [2.45, 2.75) is 70.2 Å². The lowest BCUT2D eigenvalue weighted by Gasteiger charge is -2.46. The second-order valence-electron chi connectivity index (χ2n) is 11.2. The Morgan fingerprint density at radius 3 is 2.56 bits per heavy atom. The molecule has 0 unspecified atom stereocenters. The maximum Gasteiger partial charge on any atom is 0.243 e. The normalized spacial score (nSPS) is 20.6. The molecular weight excluding hydrogens is 474 g/mol. The van der Waals surface area contributed by atoms with Crippen LogP contribution in [0, 0.1) is 5.41 Å². The number of sulfonamides is 1. The molecule has 0 radical (unpaired) electrons. The molecule has 1 aliphatic heterocycles. The van der Waals surface area contributed by atoms with Crippen LogP contribution in [0.25, 0.3) is 6.08 Å². The van der Waals surface area contributed by atoms with E-state index in [4.69, 9.17) is 9.47 Å².